The van der Waals surface area contributed by atoms with Crippen LogP contribution in [0.3, 0.4) is 0 Å². The number of alkyl halides is 3. The van der Waals surface area contributed by atoms with Crippen LogP contribution in [0.1, 0.15) is 11.4 Å². The van der Waals surface area contributed by atoms with Gasteiger partial charge in [-0.25, -0.2) is 9.97 Å². The van der Waals surface area contributed by atoms with E-state index in [9.17, 15) is 13.2 Å². The van der Waals surface area contributed by atoms with Gasteiger partial charge in [0.05, 0.1) is 0 Å². The quantitative estimate of drug-likeness (QED) is 0.837. The van der Waals surface area contributed by atoms with Gasteiger partial charge in [-0.1, -0.05) is 12.2 Å². The van der Waals surface area contributed by atoms with E-state index in [1.54, 1.807) is 19.2 Å². The summed E-state index contributed by atoms with van der Waals surface area (Å²) in [7, 11) is 1.77. The third-order valence-electron chi connectivity index (χ3n) is 1.56. The minimum Gasteiger partial charge on any atom is -0.316 e. The van der Waals surface area contributed by atoms with Crippen LogP contribution in [-0.4, -0.2) is 23.6 Å². The molecule has 15 heavy (non-hydrogen) atoms. The normalized spacial score (nSPS) is 12.3. The molecule has 0 aliphatic rings. The Morgan fingerprint density at radius 3 is 2.40 bits per heavy atom. The third kappa shape index (κ3) is 3.67. The van der Waals surface area contributed by atoms with Crippen molar-refractivity contribution in [3.63, 3.8) is 0 Å². The summed E-state index contributed by atoms with van der Waals surface area (Å²) in [6.45, 7) is 0.640. The lowest BCUT2D eigenvalue weighted by Gasteiger charge is -2.03. The minimum atomic E-state index is -4.48. The highest BCUT2D eigenvalue weighted by molar-refractivity contribution is 5.46. The number of rotatable bonds is 3. The van der Waals surface area contributed by atoms with Crippen molar-refractivity contribution in [1.82, 2.24) is 15.3 Å². The molecule has 0 atom stereocenters. The highest BCUT2D eigenvalue weighted by atomic mass is 19.4. The predicted octanol–water partition coefficient (Wildman–Crippen LogP) is 1.73. The fraction of sp³-hybridized carbons (Fsp3) is 0.333. The summed E-state index contributed by atoms with van der Waals surface area (Å²) in [5.74, 6) is -1.12. The van der Waals surface area contributed by atoms with Gasteiger partial charge < -0.3 is 5.32 Å². The van der Waals surface area contributed by atoms with Crippen molar-refractivity contribution >= 4 is 6.08 Å². The molecule has 1 aromatic heterocycles. The molecule has 0 saturated carbocycles. The maximum atomic E-state index is 12.1. The van der Waals surface area contributed by atoms with Gasteiger partial charge in [0.1, 0.15) is 0 Å². The molecular weight excluding hydrogens is 207 g/mol. The first-order valence-corrected chi connectivity index (χ1v) is 4.24. The van der Waals surface area contributed by atoms with Gasteiger partial charge in [-0.15, -0.1) is 0 Å². The van der Waals surface area contributed by atoms with Crippen molar-refractivity contribution < 1.29 is 13.2 Å². The van der Waals surface area contributed by atoms with E-state index in [0.29, 0.717) is 12.1 Å². The number of aromatic nitrogens is 2. The first-order valence-electron chi connectivity index (χ1n) is 4.24. The summed E-state index contributed by atoms with van der Waals surface area (Å²) in [6.07, 6.45) is 1.22. The Bertz CT molecular complexity index is 329. The van der Waals surface area contributed by atoms with Gasteiger partial charge in [0, 0.05) is 24.5 Å². The average Bonchev–Trinajstić information content (AvgIpc) is 2.18. The lowest BCUT2D eigenvalue weighted by atomic mass is 10.3. The molecule has 0 spiro atoms. The molecule has 0 aliphatic heterocycles. The van der Waals surface area contributed by atoms with Crippen molar-refractivity contribution in [1.29, 1.82) is 0 Å². The van der Waals surface area contributed by atoms with Gasteiger partial charge in [-0.3, -0.25) is 0 Å². The van der Waals surface area contributed by atoms with Crippen LogP contribution < -0.4 is 5.32 Å². The first kappa shape index (κ1) is 11.6. The molecule has 0 radical (unpaired) electrons. The van der Waals surface area contributed by atoms with E-state index in [0.717, 1.165) is 12.4 Å². The summed E-state index contributed by atoms with van der Waals surface area (Å²) in [6, 6.07) is 0. The number of hydrogen-bond acceptors (Lipinski definition) is 3. The fourth-order valence-corrected chi connectivity index (χ4v) is 0.883. The Morgan fingerprint density at radius 2 is 1.93 bits per heavy atom. The van der Waals surface area contributed by atoms with Crippen LogP contribution in [0, 0.1) is 0 Å². The van der Waals surface area contributed by atoms with Crippen molar-refractivity contribution in [3.05, 3.63) is 29.9 Å². The van der Waals surface area contributed by atoms with Gasteiger partial charge in [-0.05, 0) is 7.05 Å². The first-order chi connectivity index (χ1) is 7.04. The van der Waals surface area contributed by atoms with E-state index in [1.807, 2.05) is 0 Å². The molecule has 0 amide bonds. The fourth-order valence-electron chi connectivity index (χ4n) is 0.883. The third-order valence-corrected chi connectivity index (χ3v) is 1.56. The molecular formula is C9H10F3N3. The molecule has 0 saturated heterocycles. The molecule has 0 bridgehead atoms. The molecule has 0 unspecified atom stereocenters. The number of likely N-dealkylation sites (N-methyl/N-ethyl adjacent to an activating group) is 1. The lowest BCUT2D eigenvalue weighted by molar-refractivity contribution is -0.145. The number of hydrogen-bond donors (Lipinski definition) is 1. The highest BCUT2D eigenvalue weighted by Gasteiger charge is 2.34. The molecule has 82 valence electrons. The Hall–Kier alpha value is -1.43. The monoisotopic (exact) mass is 217 g/mol. The zero-order valence-electron chi connectivity index (χ0n) is 8.04. The van der Waals surface area contributed by atoms with Crippen molar-refractivity contribution in [2.24, 2.45) is 0 Å². The van der Waals surface area contributed by atoms with E-state index in [2.05, 4.69) is 15.3 Å². The predicted molar refractivity (Wildman–Crippen MR) is 50.0 cm³/mol. The van der Waals surface area contributed by atoms with Crippen LogP contribution in [0.25, 0.3) is 6.08 Å². The van der Waals surface area contributed by atoms with Crippen LogP contribution in [-0.2, 0) is 6.18 Å². The van der Waals surface area contributed by atoms with Crippen LogP contribution in [0.2, 0.25) is 0 Å². The van der Waals surface area contributed by atoms with E-state index in [-0.39, 0.29) is 0 Å². The van der Waals surface area contributed by atoms with Gasteiger partial charge in [-0.2, -0.15) is 13.2 Å². The van der Waals surface area contributed by atoms with Crippen LogP contribution in [0.4, 0.5) is 13.2 Å². The number of nitrogens with zero attached hydrogens (tertiary/aromatic N) is 2. The van der Waals surface area contributed by atoms with Crippen LogP contribution >= 0.6 is 0 Å². The van der Waals surface area contributed by atoms with Crippen molar-refractivity contribution in [2.45, 2.75) is 6.18 Å². The summed E-state index contributed by atoms with van der Waals surface area (Å²) in [5.41, 5.74) is 0.540. The Balaban J connectivity index is 2.73. The Labute approximate surface area is 85.1 Å². The number of nitrogens with one attached hydrogen (secondary N) is 1. The van der Waals surface area contributed by atoms with E-state index < -0.39 is 12.0 Å². The molecule has 0 fully saturated rings. The summed E-state index contributed by atoms with van der Waals surface area (Å²) < 4.78 is 36.2. The van der Waals surface area contributed by atoms with Gasteiger partial charge in [0.15, 0.2) is 0 Å². The molecule has 1 heterocycles. The standard InChI is InChI=1S/C9H10F3N3/c1-13-4-2-3-7-5-14-8(15-6-7)9(10,11)12/h2-3,5-6,13H,4H2,1H3. The van der Waals surface area contributed by atoms with E-state index in [1.165, 1.54) is 0 Å². The SMILES string of the molecule is CNCC=Cc1cnc(C(F)(F)F)nc1. The zero-order valence-corrected chi connectivity index (χ0v) is 8.04. The molecule has 3 nitrogen and oxygen atoms in total. The summed E-state index contributed by atoms with van der Waals surface area (Å²) in [4.78, 5) is 6.44. The van der Waals surface area contributed by atoms with Gasteiger partial charge in [0.2, 0.25) is 5.82 Å². The van der Waals surface area contributed by atoms with E-state index >= 15 is 0 Å². The zero-order chi connectivity index (χ0) is 11.3. The molecule has 1 N–H and O–H groups in total. The molecule has 6 heteroatoms. The Kier molecular flexibility index (Phi) is 3.79. The lowest BCUT2D eigenvalue weighted by Crippen LogP contribution is -2.10. The smallest absolute Gasteiger partial charge is 0.316 e. The maximum Gasteiger partial charge on any atom is 0.451 e. The molecule has 0 aromatic carbocycles. The summed E-state index contributed by atoms with van der Waals surface area (Å²) in [5, 5.41) is 2.87. The van der Waals surface area contributed by atoms with Gasteiger partial charge in [0.25, 0.3) is 0 Å². The molecule has 1 aromatic rings. The molecule has 1 rings (SSSR count). The second kappa shape index (κ2) is 4.88. The van der Waals surface area contributed by atoms with Crippen LogP contribution in [0.5, 0.6) is 0 Å². The maximum absolute atomic E-state index is 12.1. The van der Waals surface area contributed by atoms with Crippen LogP contribution in [0.15, 0.2) is 18.5 Å². The Morgan fingerprint density at radius 1 is 1.33 bits per heavy atom. The largest absolute Gasteiger partial charge is 0.451 e. The second-order valence-electron chi connectivity index (χ2n) is 2.80. The average molecular weight is 217 g/mol. The van der Waals surface area contributed by atoms with Crippen molar-refractivity contribution in [2.75, 3.05) is 13.6 Å². The highest BCUT2D eigenvalue weighted by Crippen LogP contribution is 2.25. The number of halogens is 3. The minimum absolute atomic E-state index is 0.540. The van der Waals surface area contributed by atoms with Gasteiger partial charge >= 0.3 is 6.18 Å². The van der Waals surface area contributed by atoms with E-state index in [4.69, 9.17) is 0 Å². The summed E-state index contributed by atoms with van der Waals surface area (Å²) >= 11 is 0. The topological polar surface area (TPSA) is 37.8 Å². The second-order valence-corrected chi connectivity index (χ2v) is 2.80. The molecule has 0 aliphatic carbocycles. The van der Waals surface area contributed by atoms with Crippen molar-refractivity contribution in [3.8, 4) is 0 Å².